The predicted molar refractivity (Wildman–Crippen MR) is 107 cm³/mol. The molecule has 2 aromatic rings. The zero-order valence-electron chi connectivity index (χ0n) is 15.1. The fraction of sp³-hybridized carbons (Fsp3) is 0.316. The third-order valence-electron chi connectivity index (χ3n) is 4.56. The lowest BCUT2D eigenvalue weighted by Crippen LogP contribution is -2.44. The van der Waals surface area contributed by atoms with Gasteiger partial charge in [-0.3, -0.25) is 15.0 Å². The van der Waals surface area contributed by atoms with Gasteiger partial charge in [-0.1, -0.05) is 41.9 Å². The maximum Gasteiger partial charge on any atom is 0.319 e. The van der Waals surface area contributed by atoms with Gasteiger partial charge in [0.1, 0.15) is 5.69 Å². The smallest absolute Gasteiger partial charge is 0.319 e. The Morgan fingerprint density at radius 3 is 2.57 bits per heavy atom. The molecule has 28 heavy (non-hydrogen) atoms. The summed E-state index contributed by atoms with van der Waals surface area (Å²) in [6.45, 7) is 2.98. The molecule has 1 unspecified atom stereocenters. The number of rotatable bonds is 6. The summed E-state index contributed by atoms with van der Waals surface area (Å²) in [6.07, 6.45) is 0. The van der Waals surface area contributed by atoms with Crippen LogP contribution in [0, 0.1) is 10.1 Å². The van der Waals surface area contributed by atoms with Gasteiger partial charge in [0, 0.05) is 30.7 Å². The summed E-state index contributed by atoms with van der Waals surface area (Å²) < 4.78 is 5.42. The molecule has 1 heterocycles. The van der Waals surface area contributed by atoms with Crippen LogP contribution in [0.4, 0.5) is 16.2 Å². The van der Waals surface area contributed by atoms with Gasteiger partial charge >= 0.3 is 6.03 Å². The van der Waals surface area contributed by atoms with E-state index in [-0.39, 0.29) is 17.4 Å². The molecule has 2 N–H and O–H groups in total. The minimum atomic E-state index is -0.532. The van der Waals surface area contributed by atoms with Gasteiger partial charge in [0.05, 0.1) is 24.2 Å². The van der Waals surface area contributed by atoms with Crippen LogP contribution in [-0.2, 0) is 4.74 Å². The Balaban J connectivity index is 1.70. The molecule has 1 fully saturated rings. The monoisotopic (exact) mass is 404 g/mol. The normalized spacial score (nSPS) is 15.6. The Morgan fingerprint density at radius 2 is 1.86 bits per heavy atom. The Bertz CT molecular complexity index is 842. The lowest BCUT2D eigenvalue weighted by atomic mass is 10.0. The number of hydrogen-bond acceptors (Lipinski definition) is 5. The first-order valence-electron chi connectivity index (χ1n) is 8.91. The SMILES string of the molecule is O=C(NCC(c1ccccc1Cl)N1CCOCC1)Nc1ccccc1[N+](=O)[O-]. The molecule has 1 aliphatic heterocycles. The number of para-hydroxylation sites is 2. The molecule has 0 saturated carbocycles. The lowest BCUT2D eigenvalue weighted by molar-refractivity contribution is -0.383. The zero-order valence-corrected chi connectivity index (χ0v) is 15.9. The van der Waals surface area contributed by atoms with Crippen molar-refractivity contribution in [3.8, 4) is 0 Å². The van der Waals surface area contributed by atoms with Crippen LogP contribution in [0.25, 0.3) is 0 Å². The highest BCUT2D eigenvalue weighted by Gasteiger charge is 2.25. The molecule has 1 atom stereocenters. The zero-order chi connectivity index (χ0) is 19.9. The second-order valence-corrected chi connectivity index (χ2v) is 6.70. The van der Waals surface area contributed by atoms with Gasteiger partial charge in [0.2, 0.25) is 0 Å². The van der Waals surface area contributed by atoms with Crippen LogP contribution >= 0.6 is 11.6 Å². The molecule has 0 aliphatic carbocycles. The van der Waals surface area contributed by atoms with E-state index < -0.39 is 11.0 Å². The van der Waals surface area contributed by atoms with E-state index in [2.05, 4.69) is 15.5 Å². The summed E-state index contributed by atoms with van der Waals surface area (Å²) in [5, 5.41) is 17.1. The summed E-state index contributed by atoms with van der Waals surface area (Å²) in [7, 11) is 0. The van der Waals surface area contributed by atoms with Crippen molar-refractivity contribution in [1.82, 2.24) is 10.2 Å². The van der Waals surface area contributed by atoms with E-state index in [4.69, 9.17) is 16.3 Å². The number of amides is 2. The van der Waals surface area contributed by atoms with Crippen molar-refractivity contribution in [3.63, 3.8) is 0 Å². The molecule has 1 aliphatic rings. The first-order chi connectivity index (χ1) is 13.6. The molecule has 8 nitrogen and oxygen atoms in total. The second-order valence-electron chi connectivity index (χ2n) is 6.29. The van der Waals surface area contributed by atoms with Gasteiger partial charge in [-0.25, -0.2) is 4.79 Å². The van der Waals surface area contributed by atoms with E-state index >= 15 is 0 Å². The number of nitrogens with one attached hydrogen (secondary N) is 2. The largest absolute Gasteiger partial charge is 0.379 e. The molecule has 148 valence electrons. The molecule has 1 saturated heterocycles. The van der Waals surface area contributed by atoms with Crippen LogP contribution in [0.2, 0.25) is 5.02 Å². The number of halogens is 1. The number of nitrogens with zero attached hydrogens (tertiary/aromatic N) is 2. The van der Waals surface area contributed by atoms with E-state index in [0.717, 1.165) is 18.7 Å². The molecule has 0 radical (unpaired) electrons. The fourth-order valence-corrected chi connectivity index (χ4v) is 3.43. The molecule has 0 bridgehead atoms. The van der Waals surface area contributed by atoms with Gasteiger partial charge in [-0.15, -0.1) is 0 Å². The van der Waals surface area contributed by atoms with Crippen molar-refractivity contribution in [3.05, 3.63) is 69.2 Å². The minimum absolute atomic E-state index is 0.130. The number of nitro benzene ring substituents is 1. The van der Waals surface area contributed by atoms with Crippen LogP contribution in [0.3, 0.4) is 0 Å². The van der Waals surface area contributed by atoms with Crippen LogP contribution in [0.1, 0.15) is 11.6 Å². The Hall–Kier alpha value is -2.68. The number of urea groups is 1. The minimum Gasteiger partial charge on any atom is -0.379 e. The van der Waals surface area contributed by atoms with Crippen molar-refractivity contribution in [2.75, 3.05) is 38.2 Å². The average molecular weight is 405 g/mol. The average Bonchev–Trinajstić information content (AvgIpc) is 2.70. The van der Waals surface area contributed by atoms with E-state index in [1.54, 1.807) is 12.1 Å². The summed E-state index contributed by atoms with van der Waals surface area (Å²) in [5.41, 5.74) is 0.899. The number of hydrogen-bond donors (Lipinski definition) is 2. The van der Waals surface area contributed by atoms with Crippen molar-refractivity contribution < 1.29 is 14.5 Å². The number of carbonyl (C=O) groups excluding carboxylic acids is 1. The predicted octanol–water partition coefficient (Wildman–Crippen LogP) is 3.44. The Morgan fingerprint density at radius 1 is 1.18 bits per heavy atom. The van der Waals surface area contributed by atoms with Crippen molar-refractivity contribution >= 4 is 29.0 Å². The molecule has 3 rings (SSSR count). The topological polar surface area (TPSA) is 96.7 Å². The fourth-order valence-electron chi connectivity index (χ4n) is 3.16. The number of carbonyl (C=O) groups is 1. The number of morpholine rings is 1. The summed E-state index contributed by atoms with van der Waals surface area (Å²) >= 11 is 6.38. The van der Waals surface area contributed by atoms with Gasteiger partial charge in [-0.2, -0.15) is 0 Å². The Labute approximate surface area is 167 Å². The van der Waals surface area contributed by atoms with Crippen LogP contribution in [0.5, 0.6) is 0 Å². The number of ether oxygens (including phenoxy) is 1. The second kappa shape index (κ2) is 9.50. The maximum absolute atomic E-state index is 12.4. The van der Waals surface area contributed by atoms with Crippen LogP contribution in [-0.4, -0.2) is 48.7 Å². The Kier molecular flexibility index (Phi) is 6.80. The first-order valence-corrected chi connectivity index (χ1v) is 9.28. The molecule has 2 aromatic carbocycles. The van der Waals surface area contributed by atoms with E-state index in [1.807, 2.05) is 24.3 Å². The first kappa shape index (κ1) is 20.1. The third kappa shape index (κ3) is 4.98. The van der Waals surface area contributed by atoms with Crippen molar-refractivity contribution in [2.45, 2.75) is 6.04 Å². The summed E-state index contributed by atoms with van der Waals surface area (Å²) in [5.74, 6) is 0. The number of benzene rings is 2. The third-order valence-corrected chi connectivity index (χ3v) is 4.90. The molecule has 9 heteroatoms. The van der Waals surface area contributed by atoms with E-state index in [0.29, 0.717) is 24.8 Å². The van der Waals surface area contributed by atoms with Gasteiger partial charge < -0.3 is 15.4 Å². The van der Waals surface area contributed by atoms with Crippen molar-refractivity contribution in [1.29, 1.82) is 0 Å². The van der Waals surface area contributed by atoms with E-state index in [1.165, 1.54) is 12.1 Å². The van der Waals surface area contributed by atoms with Crippen LogP contribution in [0.15, 0.2) is 48.5 Å². The quantitative estimate of drug-likeness (QED) is 0.567. The number of nitro groups is 1. The lowest BCUT2D eigenvalue weighted by Gasteiger charge is -2.35. The highest BCUT2D eigenvalue weighted by atomic mass is 35.5. The van der Waals surface area contributed by atoms with Gasteiger partial charge in [0.25, 0.3) is 5.69 Å². The van der Waals surface area contributed by atoms with Crippen molar-refractivity contribution in [2.24, 2.45) is 0 Å². The van der Waals surface area contributed by atoms with Gasteiger partial charge in [-0.05, 0) is 17.7 Å². The summed E-state index contributed by atoms with van der Waals surface area (Å²) in [4.78, 5) is 25.1. The molecular formula is C19H21ClN4O4. The maximum atomic E-state index is 12.4. The standard InChI is InChI=1S/C19H21ClN4O4/c20-15-6-2-1-5-14(15)18(23-9-11-28-12-10-23)13-21-19(25)22-16-7-3-4-8-17(16)24(26)27/h1-8,18H,9-13H2,(H2,21,22,25). The molecule has 0 spiro atoms. The molecule has 0 aromatic heterocycles. The molecule has 2 amide bonds. The highest BCUT2D eigenvalue weighted by Crippen LogP contribution is 2.28. The highest BCUT2D eigenvalue weighted by molar-refractivity contribution is 6.31. The summed E-state index contributed by atoms with van der Waals surface area (Å²) in [6, 6.07) is 12.9. The van der Waals surface area contributed by atoms with Gasteiger partial charge in [0.15, 0.2) is 0 Å². The van der Waals surface area contributed by atoms with E-state index in [9.17, 15) is 14.9 Å². The van der Waals surface area contributed by atoms with Crippen LogP contribution < -0.4 is 10.6 Å². The molecular weight excluding hydrogens is 384 g/mol. The number of anilines is 1.